The number of aromatic carboxylic acids is 1. The van der Waals surface area contributed by atoms with Gasteiger partial charge in [0.05, 0.1) is 16.9 Å². The molecule has 0 aromatic heterocycles. The summed E-state index contributed by atoms with van der Waals surface area (Å²) in [5.41, 5.74) is 3.58. The van der Waals surface area contributed by atoms with E-state index in [1.54, 1.807) is 24.3 Å². The van der Waals surface area contributed by atoms with Gasteiger partial charge in [-0.2, -0.15) is 10.2 Å². The fraction of sp³-hybridized carbons (Fsp3) is 0.150. The van der Waals surface area contributed by atoms with Gasteiger partial charge < -0.3 is 10.2 Å². The summed E-state index contributed by atoms with van der Waals surface area (Å²) in [4.78, 5) is 11.4. The number of carbonyl (C=O) groups is 1. The van der Waals surface area contributed by atoms with Crippen LogP contribution in [0.5, 0.6) is 5.75 Å². The van der Waals surface area contributed by atoms with Crippen molar-refractivity contribution in [1.82, 2.24) is 0 Å². The maximum Gasteiger partial charge on any atom is 0.335 e. The number of azo groups is 1. The first kappa shape index (κ1) is 16.6. The van der Waals surface area contributed by atoms with Crippen LogP contribution in [-0.4, -0.2) is 11.1 Å². The molecule has 0 amide bonds. The fourth-order valence-electron chi connectivity index (χ4n) is 2.72. The number of aryl methyl sites for hydroxylation is 3. The minimum absolute atomic E-state index is 0.0492. The van der Waals surface area contributed by atoms with Crippen molar-refractivity contribution in [3.05, 3.63) is 64.7 Å². The Balaban J connectivity index is 2.20. The largest absolute Gasteiger partial charge is 0.870 e. The second-order valence-corrected chi connectivity index (χ2v) is 6.05. The van der Waals surface area contributed by atoms with Gasteiger partial charge in [-0.15, -0.1) is 0 Å². The van der Waals surface area contributed by atoms with Crippen molar-refractivity contribution in [2.45, 2.75) is 20.8 Å². The van der Waals surface area contributed by atoms with E-state index in [1.807, 2.05) is 32.9 Å². The molecule has 0 heterocycles. The minimum Gasteiger partial charge on any atom is -0.870 e. The molecule has 0 aliphatic heterocycles. The number of carboxylic acid groups (broad SMARTS) is 1. The third kappa shape index (κ3) is 3.08. The molecule has 1 N–H and O–H groups in total. The van der Waals surface area contributed by atoms with Crippen LogP contribution < -0.4 is 5.11 Å². The van der Waals surface area contributed by atoms with E-state index in [2.05, 4.69) is 10.2 Å². The van der Waals surface area contributed by atoms with Gasteiger partial charge in [0.2, 0.25) is 0 Å². The van der Waals surface area contributed by atoms with Crippen LogP contribution >= 0.6 is 0 Å². The van der Waals surface area contributed by atoms with Gasteiger partial charge in [-0.05, 0) is 55.0 Å². The lowest BCUT2D eigenvalue weighted by Crippen LogP contribution is -2.04. The van der Waals surface area contributed by atoms with Crippen LogP contribution in [0.4, 0.5) is 11.4 Å². The second kappa shape index (κ2) is 6.36. The number of fused-ring (bicyclic) bond motifs is 1. The third-order valence-corrected chi connectivity index (χ3v) is 4.28. The van der Waals surface area contributed by atoms with E-state index < -0.39 is 11.7 Å². The number of carboxylic acids is 1. The van der Waals surface area contributed by atoms with Gasteiger partial charge in [-0.1, -0.05) is 36.1 Å². The van der Waals surface area contributed by atoms with Crippen LogP contribution in [0.25, 0.3) is 10.8 Å². The zero-order valence-corrected chi connectivity index (χ0v) is 14.2. The maximum absolute atomic E-state index is 12.5. The number of hydrogen-bond donors (Lipinski definition) is 1. The Morgan fingerprint density at radius 1 is 0.960 bits per heavy atom. The second-order valence-electron chi connectivity index (χ2n) is 6.05. The topological polar surface area (TPSA) is 85.1 Å². The van der Waals surface area contributed by atoms with Gasteiger partial charge in [-0.3, -0.25) is 0 Å². The molecule has 0 fully saturated rings. The highest BCUT2D eigenvalue weighted by Crippen LogP contribution is 2.38. The third-order valence-electron chi connectivity index (χ3n) is 4.28. The van der Waals surface area contributed by atoms with Gasteiger partial charge in [0.1, 0.15) is 0 Å². The molecule has 0 saturated heterocycles. The van der Waals surface area contributed by atoms with Gasteiger partial charge in [-0.25, -0.2) is 4.79 Å². The molecular weight excluding hydrogens is 316 g/mol. The van der Waals surface area contributed by atoms with Crippen molar-refractivity contribution in [2.24, 2.45) is 10.2 Å². The zero-order valence-electron chi connectivity index (χ0n) is 14.2. The van der Waals surface area contributed by atoms with Crippen molar-refractivity contribution in [3.8, 4) is 5.75 Å². The lowest BCUT2D eigenvalue weighted by Gasteiger charge is -2.16. The molecule has 0 aliphatic rings. The van der Waals surface area contributed by atoms with Crippen LogP contribution in [-0.2, 0) is 0 Å². The van der Waals surface area contributed by atoms with Crippen molar-refractivity contribution < 1.29 is 15.0 Å². The molecule has 3 aromatic rings. The number of hydrogen-bond acceptors (Lipinski definition) is 4. The normalized spacial score (nSPS) is 11.3. The Morgan fingerprint density at radius 3 is 2.36 bits per heavy atom. The predicted molar refractivity (Wildman–Crippen MR) is 95.2 cm³/mol. The molecular formula is C20H17N2O3-. The Morgan fingerprint density at radius 2 is 1.64 bits per heavy atom. The molecule has 5 nitrogen and oxygen atoms in total. The standard InChI is InChI=1S/C20H18N2O3/c1-11-8-13(3)17(9-12(11)2)21-22-18-15-7-5-4-6-14(15)10-16(19(18)23)20(24)25/h4-10,23H,1-3H3,(H,24,25)/p-1. The van der Waals surface area contributed by atoms with Gasteiger partial charge in [0.25, 0.3) is 0 Å². The minimum atomic E-state index is -1.27. The van der Waals surface area contributed by atoms with Gasteiger partial charge in [0.15, 0.2) is 0 Å². The molecule has 5 heteroatoms. The van der Waals surface area contributed by atoms with Crippen molar-refractivity contribution in [2.75, 3.05) is 0 Å². The Bertz CT molecular complexity index is 1020. The predicted octanol–water partition coefficient (Wildman–Crippen LogP) is 4.95. The van der Waals surface area contributed by atoms with Crippen molar-refractivity contribution in [3.63, 3.8) is 0 Å². The molecule has 0 bridgehead atoms. The first-order valence-corrected chi connectivity index (χ1v) is 7.84. The highest BCUT2D eigenvalue weighted by molar-refractivity contribution is 6.04. The average molecular weight is 333 g/mol. The molecule has 0 spiro atoms. The van der Waals surface area contributed by atoms with Crippen molar-refractivity contribution >= 4 is 28.1 Å². The molecule has 0 saturated carbocycles. The van der Waals surface area contributed by atoms with E-state index in [4.69, 9.17) is 0 Å². The summed E-state index contributed by atoms with van der Waals surface area (Å²) in [7, 11) is 0. The van der Waals surface area contributed by atoms with Crippen LogP contribution in [0.1, 0.15) is 27.0 Å². The quantitative estimate of drug-likeness (QED) is 0.688. The summed E-state index contributed by atoms with van der Waals surface area (Å²) in [6.07, 6.45) is 0. The summed E-state index contributed by atoms with van der Waals surface area (Å²) in [6.45, 7) is 5.92. The molecule has 0 unspecified atom stereocenters. The Labute approximate surface area is 145 Å². The van der Waals surface area contributed by atoms with Gasteiger partial charge in [0, 0.05) is 5.39 Å². The maximum atomic E-state index is 12.5. The number of nitrogens with zero attached hydrogens (tertiary/aromatic N) is 2. The molecule has 0 aliphatic carbocycles. The van der Waals surface area contributed by atoms with Gasteiger partial charge >= 0.3 is 5.97 Å². The van der Waals surface area contributed by atoms with E-state index in [0.717, 1.165) is 16.7 Å². The average Bonchev–Trinajstić information content (AvgIpc) is 2.57. The van der Waals surface area contributed by atoms with Crippen LogP contribution in [0.15, 0.2) is 52.7 Å². The van der Waals surface area contributed by atoms with E-state index in [-0.39, 0.29) is 11.3 Å². The molecule has 126 valence electrons. The van der Waals surface area contributed by atoms with Crippen LogP contribution in [0, 0.1) is 20.8 Å². The molecule has 25 heavy (non-hydrogen) atoms. The van der Waals surface area contributed by atoms with Crippen LogP contribution in [0.2, 0.25) is 0 Å². The lowest BCUT2D eigenvalue weighted by molar-refractivity contribution is -0.267. The van der Waals surface area contributed by atoms with E-state index in [0.29, 0.717) is 16.5 Å². The lowest BCUT2D eigenvalue weighted by atomic mass is 10.0. The SMILES string of the molecule is Cc1cc(C)c(N=Nc2c([O-])c(C(=O)O)cc3ccccc23)cc1C. The summed E-state index contributed by atoms with van der Waals surface area (Å²) in [5.74, 6) is -1.90. The Kier molecular flexibility index (Phi) is 4.23. The summed E-state index contributed by atoms with van der Waals surface area (Å²) >= 11 is 0. The molecule has 3 aromatic carbocycles. The highest BCUT2D eigenvalue weighted by atomic mass is 16.4. The van der Waals surface area contributed by atoms with E-state index >= 15 is 0 Å². The molecule has 0 radical (unpaired) electrons. The monoisotopic (exact) mass is 333 g/mol. The van der Waals surface area contributed by atoms with E-state index in [9.17, 15) is 15.0 Å². The molecule has 3 rings (SSSR count). The Hall–Kier alpha value is -3.21. The summed E-state index contributed by atoms with van der Waals surface area (Å²) in [6, 6.07) is 12.3. The smallest absolute Gasteiger partial charge is 0.335 e. The number of rotatable bonds is 3. The van der Waals surface area contributed by atoms with E-state index in [1.165, 1.54) is 6.07 Å². The van der Waals surface area contributed by atoms with Crippen molar-refractivity contribution in [1.29, 1.82) is 0 Å². The first-order chi connectivity index (χ1) is 11.9. The zero-order chi connectivity index (χ0) is 18.1. The first-order valence-electron chi connectivity index (χ1n) is 7.84. The fourth-order valence-corrected chi connectivity index (χ4v) is 2.72. The molecule has 0 atom stereocenters. The summed E-state index contributed by atoms with van der Waals surface area (Å²) < 4.78 is 0. The number of benzene rings is 3. The summed E-state index contributed by atoms with van der Waals surface area (Å²) in [5, 5.41) is 31.4. The highest BCUT2D eigenvalue weighted by Gasteiger charge is 2.12. The van der Waals surface area contributed by atoms with Crippen LogP contribution in [0.3, 0.4) is 0 Å².